The number of hydrogen-bond acceptors (Lipinski definition) is 3. The highest BCUT2D eigenvalue weighted by Gasteiger charge is 2.21. The largest absolute Gasteiger partial charge is 0.396 e. The van der Waals surface area contributed by atoms with Crippen molar-refractivity contribution < 1.29 is 13.5 Å². The molecule has 0 aliphatic carbocycles. The zero-order valence-corrected chi connectivity index (χ0v) is 11.4. The van der Waals surface area contributed by atoms with Crippen LogP contribution < -0.4 is 4.72 Å². The van der Waals surface area contributed by atoms with Crippen molar-refractivity contribution in [3.63, 3.8) is 0 Å². The van der Waals surface area contributed by atoms with Crippen LogP contribution in [-0.2, 0) is 10.0 Å². The monoisotopic (exact) mass is 269 g/mol. The van der Waals surface area contributed by atoms with Crippen LogP contribution in [0.2, 0.25) is 0 Å². The van der Waals surface area contributed by atoms with Crippen molar-refractivity contribution in [3.8, 4) is 0 Å². The SMILES string of the molecule is C=C[C@@H](NS(=O)(=O)c1ccc(C)cc1)[C@H](C)CO. The summed E-state index contributed by atoms with van der Waals surface area (Å²) in [6.45, 7) is 7.13. The maximum Gasteiger partial charge on any atom is 0.241 e. The van der Waals surface area contributed by atoms with E-state index in [0.717, 1.165) is 5.56 Å². The molecule has 100 valence electrons. The highest BCUT2D eigenvalue weighted by atomic mass is 32.2. The van der Waals surface area contributed by atoms with Gasteiger partial charge in [0.25, 0.3) is 0 Å². The van der Waals surface area contributed by atoms with Gasteiger partial charge in [-0.15, -0.1) is 6.58 Å². The average molecular weight is 269 g/mol. The molecule has 0 aromatic heterocycles. The number of aliphatic hydroxyl groups excluding tert-OH is 1. The van der Waals surface area contributed by atoms with Crippen LogP contribution in [0.4, 0.5) is 0 Å². The molecule has 0 bridgehead atoms. The summed E-state index contributed by atoms with van der Waals surface area (Å²) in [6.07, 6.45) is 1.49. The summed E-state index contributed by atoms with van der Waals surface area (Å²) in [5.41, 5.74) is 0.998. The Morgan fingerprint density at radius 3 is 2.39 bits per heavy atom. The smallest absolute Gasteiger partial charge is 0.241 e. The molecule has 0 radical (unpaired) electrons. The van der Waals surface area contributed by atoms with E-state index in [1.807, 2.05) is 6.92 Å². The fraction of sp³-hybridized carbons (Fsp3) is 0.385. The Bertz CT molecular complexity index is 493. The molecule has 5 heteroatoms. The van der Waals surface area contributed by atoms with E-state index in [9.17, 15) is 8.42 Å². The minimum absolute atomic E-state index is 0.104. The number of aliphatic hydroxyl groups is 1. The van der Waals surface area contributed by atoms with Crippen molar-refractivity contribution in [1.82, 2.24) is 4.72 Å². The van der Waals surface area contributed by atoms with Gasteiger partial charge in [-0.3, -0.25) is 0 Å². The van der Waals surface area contributed by atoms with E-state index in [1.54, 1.807) is 31.2 Å². The molecule has 2 atom stereocenters. The summed E-state index contributed by atoms with van der Waals surface area (Å²) in [5, 5.41) is 9.06. The lowest BCUT2D eigenvalue weighted by atomic mass is 10.1. The topological polar surface area (TPSA) is 66.4 Å². The van der Waals surface area contributed by atoms with Gasteiger partial charge in [-0.2, -0.15) is 0 Å². The summed E-state index contributed by atoms with van der Waals surface area (Å²) in [7, 11) is -3.58. The Morgan fingerprint density at radius 2 is 1.94 bits per heavy atom. The molecule has 4 nitrogen and oxygen atoms in total. The summed E-state index contributed by atoms with van der Waals surface area (Å²) in [5.74, 6) is -0.220. The number of benzene rings is 1. The quantitative estimate of drug-likeness (QED) is 0.768. The van der Waals surface area contributed by atoms with Gasteiger partial charge in [0.2, 0.25) is 10.0 Å². The lowest BCUT2D eigenvalue weighted by Gasteiger charge is -2.20. The Morgan fingerprint density at radius 1 is 1.39 bits per heavy atom. The van der Waals surface area contributed by atoms with Crippen LogP contribution in [-0.4, -0.2) is 26.2 Å². The third-order valence-corrected chi connectivity index (χ3v) is 4.25. The van der Waals surface area contributed by atoms with E-state index < -0.39 is 16.1 Å². The third kappa shape index (κ3) is 3.66. The maximum atomic E-state index is 12.1. The van der Waals surface area contributed by atoms with Crippen molar-refractivity contribution >= 4 is 10.0 Å². The molecule has 0 aliphatic rings. The van der Waals surface area contributed by atoms with Crippen LogP contribution in [0.25, 0.3) is 0 Å². The number of rotatable bonds is 6. The highest BCUT2D eigenvalue weighted by Crippen LogP contribution is 2.13. The lowest BCUT2D eigenvalue weighted by Crippen LogP contribution is -2.39. The molecule has 0 amide bonds. The van der Waals surface area contributed by atoms with Crippen molar-refractivity contribution in [2.45, 2.75) is 24.8 Å². The van der Waals surface area contributed by atoms with Crippen molar-refractivity contribution in [2.75, 3.05) is 6.61 Å². The van der Waals surface area contributed by atoms with E-state index >= 15 is 0 Å². The van der Waals surface area contributed by atoms with Crippen LogP contribution in [0.15, 0.2) is 41.8 Å². The standard InChI is InChI=1S/C13H19NO3S/c1-4-13(11(3)9-15)14-18(16,17)12-7-5-10(2)6-8-12/h4-8,11,13-15H,1,9H2,2-3H3/t11-,13-/m1/s1. The van der Waals surface area contributed by atoms with Gasteiger partial charge in [-0.25, -0.2) is 13.1 Å². The van der Waals surface area contributed by atoms with Crippen LogP contribution in [0, 0.1) is 12.8 Å². The second kappa shape index (κ2) is 6.13. The van der Waals surface area contributed by atoms with E-state index in [2.05, 4.69) is 11.3 Å². The predicted octanol–water partition coefficient (Wildman–Crippen LogP) is 1.46. The summed E-state index contributed by atoms with van der Waals surface area (Å²) in [6, 6.07) is 6.12. The lowest BCUT2D eigenvalue weighted by molar-refractivity contribution is 0.223. The molecule has 1 aromatic rings. The molecule has 0 saturated carbocycles. The molecule has 0 saturated heterocycles. The average Bonchev–Trinajstić information content (AvgIpc) is 2.35. The third-order valence-electron chi connectivity index (χ3n) is 2.78. The Balaban J connectivity index is 2.93. The second-order valence-electron chi connectivity index (χ2n) is 4.36. The van der Waals surface area contributed by atoms with Gasteiger partial charge in [-0.05, 0) is 25.0 Å². The maximum absolute atomic E-state index is 12.1. The van der Waals surface area contributed by atoms with Crippen LogP contribution in [0.1, 0.15) is 12.5 Å². The molecule has 0 heterocycles. The fourth-order valence-electron chi connectivity index (χ4n) is 1.47. The Labute approximate surface area is 108 Å². The predicted molar refractivity (Wildman–Crippen MR) is 71.7 cm³/mol. The van der Waals surface area contributed by atoms with Gasteiger partial charge in [0.1, 0.15) is 0 Å². The van der Waals surface area contributed by atoms with Crippen molar-refractivity contribution in [2.24, 2.45) is 5.92 Å². The zero-order chi connectivity index (χ0) is 13.8. The fourth-order valence-corrected chi connectivity index (χ4v) is 2.79. The molecule has 18 heavy (non-hydrogen) atoms. The van der Waals surface area contributed by atoms with Gasteiger partial charge in [0, 0.05) is 12.6 Å². The van der Waals surface area contributed by atoms with Gasteiger partial charge in [-0.1, -0.05) is 30.7 Å². The minimum atomic E-state index is -3.58. The van der Waals surface area contributed by atoms with Crippen molar-refractivity contribution in [3.05, 3.63) is 42.5 Å². The number of sulfonamides is 1. The minimum Gasteiger partial charge on any atom is -0.396 e. The Hall–Kier alpha value is -1.17. The summed E-state index contributed by atoms with van der Waals surface area (Å²) < 4.78 is 26.7. The molecular formula is C13H19NO3S. The molecular weight excluding hydrogens is 250 g/mol. The van der Waals surface area contributed by atoms with Crippen LogP contribution in [0.5, 0.6) is 0 Å². The van der Waals surface area contributed by atoms with Crippen LogP contribution in [0.3, 0.4) is 0 Å². The molecule has 0 fully saturated rings. The summed E-state index contributed by atoms with van der Waals surface area (Å²) in [4.78, 5) is 0.213. The van der Waals surface area contributed by atoms with E-state index in [1.165, 1.54) is 6.08 Å². The normalized spacial score (nSPS) is 15.1. The first-order valence-electron chi connectivity index (χ1n) is 5.73. The first kappa shape index (κ1) is 14.9. The van der Waals surface area contributed by atoms with Gasteiger partial charge in [0.15, 0.2) is 0 Å². The van der Waals surface area contributed by atoms with E-state index in [-0.39, 0.29) is 17.4 Å². The van der Waals surface area contributed by atoms with E-state index in [4.69, 9.17) is 5.11 Å². The number of aryl methyl sites for hydroxylation is 1. The molecule has 2 N–H and O–H groups in total. The van der Waals surface area contributed by atoms with Gasteiger partial charge >= 0.3 is 0 Å². The molecule has 0 aliphatic heterocycles. The second-order valence-corrected chi connectivity index (χ2v) is 6.07. The van der Waals surface area contributed by atoms with Gasteiger partial charge in [0.05, 0.1) is 4.90 Å². The first-order chi connectivity index (χ1) is 8.40. The molecule has 0 spiro atoms. The number of hydrogen-bond donors (Lipinski definition) is 2. The van der Waals surface area contributed by atoms with Crippen molar-refractivity contribution in [1.29, 1.82) is 0 Å². The van der Waals surface area contributed by atoms with Gasteiger partial charge < -0.3 is 5.11 Å². The molecule has 1 rings (SSSR count). The van der Waals surface area contributed by atoms with E-state index in [0.29, 0.717) is 0 Å². The summed E-state index contributed by atoms with van der Waals surface area (Å²) >= 11 is 0. The molecule has 0 unspecified atom stereocenters. The molecule has 1 aromatic carbocycles. The Kier molecular flexibility index (Phi) is 5.07. The zero-order valence-electron chi connectivity index (χ0n) is 10.6. The number of nitrogens with one attached hydrogen (secondary N) is 1. The first-order valence-corrected chi connectivity index (χ1v) is 7.21. The van der Waals surface area contributed by atoms with Crippen LogP contribution >= 0.6 is 0 Å². The highest BCUT2D eigenvalue weighted by molar-refractivity contribution is 7.89.